The Morgan fingerprint density at radius 2 is 1.95 bits per heavy atom. The predicted octanol–water partition coefficient (Wildman–Crippen LogP) is 4.56. The zero-order chi connectivity index (χ0) is 15.5. The summed E-state index contributed by atoms with van der Waals surface area (Å²) in [5.74, 6) is 0.760. The second-order valence-electron chi connectivity index (χ2n) is 6.55. The number of nitrogens with zero attached hydrogens (tertiary/aromatic N) is 2. The topological polar surface area (TPSA) is 25.4 Å². The van der Waals surface area contributed by atoms with Crippen LogP contribution in [0.2, 0.25) is 10.0 Å². The fraction of sp³-hybridized carbons (Fsp3) is 0.706. The molecule has 1 aliphatic carbocycles. The molecule has 22 heavy (non-hydrogen) atoms. The normalized spacial score (nSPS) is 26.3. The minimum absolute atomic E-state index is 0.346. The highest BCUT2D eigenvalue weighted by molar-refractivity contribution is 6.35. The first-order valence-electron chi connectivity index (χ1n) is 8.33. The van der Waals surface area contributed by atoms with Crippen LogP contribution < -0.4 is 0 Å². The third kappa shape index (κ3) is 4.14. The maximum atomic E-state index is 6.32. The van der Waals surface area contributed by atoms with Crippen molar-refractivity contribution in [3.63, 3.8) is 0 Å². The summed E-state index contributed by atoms with van der Waals surface area (Å²) in [4.78, 5) is 6.50. The maximum absolute atomic E-state index is 6.32. The van der Waals surface area contributed by atoms with E-state index in [-0.39, 0.29) is 0 Å². The maximum Gasteiger partial charge on any atom is 0.0734 e. The van der Waals surface area contributed by atoms with Crippen LogP contribution in [0.3, 0.4) is 0 Å². The largest absolute Gasteiger partial charge is 0.372 e. The van der Waals surface area contributed by atoms with Crippen LogP contribution >= 0.6 is 23.2 Å². The molecular weight excluding hydrogens is 319 g/mol. The second kappa shape index (κ2) is 7.48. The number of rotatable bonds is 6. The summed E-state index contributed by atoms with van der Waals surface area (Å²) in [6.07, 6.45) is 10.3. The average molecular weight is 343 g/mol. The van der Waals surface area contributed by atoms with E-state index >= 15 is 0 Å². The fourth-order valence-electron chi connectivity index (χ4n) is 3.21. The molecule has 1 aromatic heterocycles. The van der Waals surface area contributed by atoms with Gasteiger partial charge >= 0.3 is 0 Å². The lowest BCUT2D eigenvalue weighted by atomic mass is 10.1. The van der Waals surface area contributed by atoms with Crippen molar-refractivity contribution in [2.45, 2.75) is 57.8 Å². The van der Waals surface area contributed by atoms with E-state index < -0.39 is 0 Å². The van der Waals surface area contributed by atoms with E-state index in [4.69, 9.17) is 27.9 Å². The average Bonchev–Trinajstić information content (AvgIpc) is 3.34. The molecule has 2 atom stereocenters. The Labute approximate surface area is 142 Å². The van der Waals surface area contributed by atoms with Crippen LogP contribution in [0.15, 0.2) is 12.4 Å². The summed E-state index contributed by atoms with van der Waals surface area (Å²) < 4.78 is 6.32. The highest BCUT2D eigenvalue weighted by Crippen LogP contribution is 2.38. The Morgan fingerprint density at radius 1 is 1.23 bits per heavy atom. The SMILES string of the molecule is CCCC[C@@H]1CN(Cc2c(Cl)cncc2Cl)C[C@H](C2CC2)O1. The molecule has 0 N–H and O–H groups in total. The van der Waals surface area contributed by atoms with Crippen LogP contribution in [0.1, 0.15) is 44.6 Å². The van der Waals surface area contributed by atoms with Gasteiger partial charge in [-0.25, -0.2) is 0 Å². The summed E-state index contributed by atoms with van der Waals surface area (Å²) >= 11 is 12.6. The molecule has 1 aliphatic heterocycles. The predicted molar refractivity (Wildman–Crippen MR) is 90.4 cm³/mol. The van der Waals surface area contributed by atoms with E-state index in [9.17, 15) is 0 Å². The van der Waals surface area contributed by atoms with Crippen molar-refractivity contribution >= 4 is 23.2 Å². The minimum Gasteiger partial charge on any atom is -0.372 e. The van der Waals surface area contributed by atoms with Gasteiger partial charge in [0.05, 0.1) is 22.3 Å². The lowest BCUT2D eigenvalue weighted by Crippen LogP contribution is -2.48. The molecule has 1 saturated carbocycles. The summed E-state index contributed by atoms with van der Waals surface area (Å²) in [5.41, 5.74) is 0.990. The van der Waals surface area contributed by atoms with Gasteiger partial charge in [0, 0.05) is 37.6 Å². The summed E-state index contributed by atoms with van der Waals surface area (Å²) in [5, 5.41) is 1.32. The van der Waals surface area contributed by atoms with Crippen molar-refractivity contribution in [3.8, 4) is 0 Å². The molecular formula is C17H24Cl2N2O. The van der Waals surface area contributed by atoms with Gasteiger partial charge in [0.25, 0.3) is 0 Å². The van der Waals surface area contributed by atoms with Crippen LogP contribution in [-0.2, 0) is 11.3 Å². The molecule has 0 bridgehead atoms. The van der Waals surface area contributed by atoms with Crippen LogP contribution in [-0.4, -0.2) is 35.2 Å². The van der Waals surface area contributed by atoms with E-state index in [0.29, 0.717) is 22.3 Å². The van der Waals surface area contributed by atoms with E-state index in [1.165, 1.54) is 25.7 Å². The number of morpholine rings is 1. The van der Waals surface area contributed by atoms with Crippen molar-refractivity contribution in [2.75, 3.05) is 13.1 Å². The molecule has 5 heteroatoms. The Hall–Kier alpha value is -0.350. The van der Waals surface area contributed by atoms with Gasteiger partial charge in [-0.15, -0.1) is 0 Å². The standard InChI is InChI=1S/C17H24Cl2N2O/c1-2-3-4-13-9-21(11-17(22-13)12-5-6-12)10-14-15(18)7-20-8-16(14)19/h7-8,12-13,17H,2-6,9-11H2,1H3/t13-,17-/m1/s1. The first-order chi connectivity index (χ1) is 10.7. The molecule has 1 aromatic rings. The zero-order valence-electron chi connectivity index (χ0n) is 13.1. The lowest BCUT2D eigenvalue weighted by Gasteiger charge is -2.38. The Balaban J connectivity index is 1.68. The second-order valence-corrected chi connectivity index (χ2v) is 7.37. The third-order valence-corrected chi connectivity index (χ3v) is 5.28. The van der Waals surface area contributed by atoms with Gasteiger partial charge in [-0.1, -0.05) is 43.0 Å². The number of pyridine rings is 1. The molecule has 122 valence electrons. The van der Waals surface area contributed by atoms with E-state index in [2.05, 4.69) is 16.8 Å². The molecule has 0 spiro atoms. The highest BCUT2D eigenvalue weighted by atomic mass is 35.5. The van der Waals surface area contributed by atoms with Gasteiger partial charge in [-0.2, -0.15) is 0 Å². The highest BCUT2D eigenvalue weighted by Gasteiger charge is 2.38. The quantitative estimate of drug-likeness (QED) is 0.757. The fourth-order valence-corrected chi connectivity index (χ4v) is 3.70. The van der Waals surface area contributed by atoms with E-state index in [1.54, 1.807) is 12.4 Å². The van der Waals surface area contributed by atoms with Gasteiger partial charge in [-0.05, 0) is 25.2 Å². The number of halogens is 2. The summed E-state index contributed by atoms with van der Waals surface area (Å²) in [6.45, 7) is 4.98. The Bertz CT molecular complexity index is 487. The Morgan fingerprint density at radius 3 is 2.59 bits per heavy atom. The number of unbranched alkanes of at least 4 members (excludes halogenated alkanes) is 1. The van der Waals surface area contributed by atoms with Crippen LogP contribution in [0.5, 0.6) is 0 Å². The number of hydrogen-bond donors (Lipinski definition) is 0. The van der Waals surface area contributed by atoms with Crippen molar-refractivity contribution in [2.24, 2.45) is 5.92 Å². The van der Waals surface area contributed by atoms with Crippen LogP contribution in [0.25, 0.3) is 0 Å². The molecule has 1 saturated heterocycles. The molecule has 2 aliphatic rings. The van der Waals surface area contributed by atoms with Gasteiger partial charge in [-0.3, -0.25) is 9.88 Å². The Kier molecular flexibility index (Phi) is 5.61. The first-order valence-corrected chi connectivity index (χ1v) is 9.08. The number of ether oxygens (including phenoxy) is 1. The lowest BCUT2D eigenvalue weighted by molar-refractivity contribution is -0.0993. The molecule has 0 aromatic carbocycles. The molecule has 2 fully saturated rings. The van der Waals surface area contributed by atoms with Gasteiger partial charge < -0.3 is 4.74 Å². The number of aromatic nitrogens is 1. The molecule has 0 radical (unpaired) electrons. The summed E-state index contributed by atoms with van der Waals surface area (Å²) in [7, 11) is 0. The van der Waals surface area contributed by atoms with Crippen molar-refractivity contribution in [1.29, 1.82) is 0 Å². The third-order valence-electron chi connectivity index (χ3n) is 4.63. The molecule has 2 heterocycles. The van der Waals surface area contributed by atoms with Gasteiger partial charge in [0.15, 0.2) is 0 Å². The van der Waals surface area contributed by atoms with Gasteiger partial charge in [0.1, 0.15) is 0 Å². The number of hydrogen-bond acceptors (Lipinski definition) is 3. The minimum atomic E-state index is 0.346. The van der Waals surface area contributed by atoms with E-state index in [0.717, 1.165) is 37.5 Å². The smallest absolute Gasteiger partial charge is 0.0734 e. The van der Waals surface area contributed by atoms with Crippen molar-refractivity contribution in [3.05, 3.63) is 28.0 Å². The first kappa shape index (κ1) is 16.5. The zero-order valence-corrected chi connectivity index (χ0v) is 14.6. The van der Waals surface area contributed by atoms with Crippen molar-refractivity contribution in [1.82, 2.24) is 9.88 Å². The molecule has 0 amide bonds. The molecule has 0 unspecified atom stereocenters. The monoisotopic (exact) mass is 342 g/mol. The van der Waals surface area contributed by atoms with Crippen molar-refractivity contribution < 1.29 is 4.74 Å². The van der Waals surface area contributed by atoms with Gasteiger partial charge in [0.2, 0.25) is 0 Å². The summed E-state index contributed by atoms with van der Waals surface area (Å²) in [6, 6.07) is 0. The molecule has 3 rings (SSSR count). The van der Waals surface area contributed by atoms with Crippen LogP contribution in [0.4, 0.5) is 0 Å². The van der Waals surface area contributed by atoms with E-state index in [1.807, 2.05) is 0 Å². The molecule has 3 nitrogen and oxygen atoms in total. The van der Waals surface area contributed by atoms with Crippen LogP contribution in [0, 0.1) is 5.92 Å².